The monoisotopic (exact) mass is 259 g/mol. The lowest BCUT2D eigenvalue weighted by Gasteiger charge is -2.00. The van der Waals surface area contributed by atoms with Crippen molar-refractivity contribution in [2.24, 2.45) is 0 Å². The van der Waals surface area contributed by atoms with Gasteiger partial charge in [-0.1, -0.05) is 30.3 Å². The summed E-state index contributed by atoms with van der Waals surface area (Å²) in [5, 5.41) is 0. The van der Waals surface area contributed by atoms with Crippen molar-refractivity contribution in [2.45, 2.75) is 0 Å². The summed E-state index contributed by atoms with van der Waals surface area (Å²) in [6.45, 7) is 0. The molecule has 0 amide bonds. The van der Waals surface area contributed by atoms with Gasteiger partial charge in [0.05, 0.1) is 31.0 Å². The third-order valence-electron chi connectivity index (χ3n) is 2.89. The third-order valence-corrected chi connectivity index (χ3v) is 2.89. The van der Waals surface area contributed by atoms with Gasteiger partial charge in [0.2, 0.25) is 0 Å². The Labute approximate surface area is 110 Å². The molecule has 0 aromatic heterocycles. The molecule has 5 heteroatoms. The fourth-order valence-electron chi connectivity index (χ4n) is 2.04. The summed E-state index contributed by atoms with van der Waals surface area (Å²) in [5.41, 5.74) is 7.50. The van der Waals surface area contributed by atoms with Crippen LogP contribution in [-0.2, 0) is 9.47 Å². The van der Waals surface area contributed by atoms with Crippen LogP contribution in [0.2, 0.25) is 0 Å². The van der Waals surface area contributed by atoms with Gasteiger partial charge < -0.3 is 15.2 Å². The number of esters is 2. The zero-order valence-corrected chi connectivity index (χ0v) is 10.6. The van der Waals surface area contributed by atoms with Crippen molar-refractivity contribution in [3.63, 3.8) is 0 Å². The summed E-state index contributed by atoms with van der Waals surface area (Å²) >= 11 is 0. The Balaban J connectivity index is 2.82. The van der Waals surface area contributed by atoms with Crippen molar-refractivity contribution in [2.75, 3.05) is 20.0 Å². The average molecular weight is 259 g/mol. The summed E-state index contributed by atoms with van der Waals surface area (Å²) in [7, 11) is 2.53. The highest BCUT2D eigenvalue weighted by atomic mass is 16.5. The molecule has 0 aromatic rings. The van der Waals surface area contributed by atoms with Gasteiger partial charge in [0.25, 0.3) is 0 Å². The largest absolute Gasteiger partial charge is 0.465 e. The van der Waals surface area contributed by atoms with Crippen LogP contribution in [-0.4, -0.2) is 26.2 Å². The number of carbonyl (C=O) groups is 2. The van der Waals surface area contributed by atoms with Gasteiger partial charge in [-0.2, -0.15) is 0 Å². The van der Waals surface area contributed by atoms with Crippen LogP contribution in [0, 0.1) is 0 Å². The summed E-state index contributed by atoms with van der Waals surface area (Å²) in [6.07, 6.45) is 0. The molecular weight excluding hydrogens is 246 g/mol. The summed E-state index contributed by atoms with van der Waals surface area (Å²) in [4.78, 5) is 23.6. The van der Waals surface area contributed by atoms with Crippen LogP contribution >= 0.6 is 0 Å². The Kier molecular flexibility index (Phi) is 3.37. The molecule has 0 fully saturated rings. The number of methoxy groups -OCH3 is 2. The van der Waals surface area contributed by atoms with Crippen molar-refractivity contribution < 1.29 is 19.1 Å². The molecule has 2 N–H and O–H groups in total. The Hall–Kier alpha value is -2.56. The highest BCUT2D eigenvalue weighted by Crippen LogP contribution is 2.39. The molecule has 2 aliphatic rings. The molecule has 98 valence electrons. The normalized spacial score (nSPS) is 10.2. The number of anilines is 1. The van der Waals surface area contributed by atoms with E-state index in [4.69, 9.17) is 15.2 Å². The molecule has 5 nitrogen and oxygen atoms in total. The predicted molar refractivity (Wildman–Crippen MR) is 70.2 cm³/mol. The number of hydrogen-bond acceptors (Lipinski definition) is 5. The summed E-state index contributed by atoms with van der Waals surface area (Å²) in [5.74, 6) is -1.16. The molecular formula is C14H13NO4. The zero-order chi connectivity index (χ0) is 14.0. The first-order chi connectivity index (χ1) is 9.11. The Morgan fingerprint density at radius 1 is 0.895 bits per heavy atom. The van der Waals surface area contributed by atoms with Gasteiger partial charge in [0.15, 0.2) is 0 Å². The van der Waals surface area contributed by atoms with Gasteiger partial charge in [-0.05, 0) is 11.1 Å². The van der Waals surface area contributed by atoms with Gasteiger partial charge in [-0.15, -0.1) is 0 Å². The minimum Gasteiger partial charge on any atom is -0.465 e. The van der Waals surface area contributed by atoms with Crippen molar-refractivity contribution in [1.82, 2.24) is 0 Å². The van der Waals surface area contributed by atoms with E-state index in [1.165, 1.54) is 14.2 Å². The second-order valence-corrected chi connectivity index (χ2v) is 3.88. The van der Waals surface area contributed by atoms with E-state index in [9.17, 15) is 9.59 Å². The van der Waals surface area contributed by atoms with Gasteiger partial charge in [0.1, 0.15) is 0 Å². The van der Waals surface area contributed by atoms with Crippen LogP contribution < -0.4 is 5.73 Å². The van der Waals surface area contributed by atoms with Crippen LogP contribution in [0.25, 0.3) is 11.1 Å². The molecule has 2 aliphatic carbocycles. The zero-order valence-electron chi connectivity index (χ0n) is 10.6. The first-order valence-corrected chi connectivity index (χ1v) is 5.58. The third kappa shape index (κ3) is 1.99. The van der Waals surface area contributed by atoms with E-state index in [0.29, 0.717) is 11.1 Å². The molecule has 2 rings (SSSR count). The summed E-state index contributed by atoms with van der Waals surface area (Å²) in [6, 6.07) is 8.73. The maximum absolute atomic E-state index is 11.8. The van der Waals surface area contributed by atoms with E-state index in [1.807, 2.05) is 0 Å². The van der Waals surface area contributed by atoms with Gasteiger partial charge in [-0.3, -0.25) is 0 Å². The van der Waals surface area contributed by atoms with E-state index in [1.54, 1.807) is 30.3 Å². The van der Waals surface area contributed by atoms with Crippen molar-refractivity contribution in [3.8, 4) is 11.1 Å². The van der Waals surface area contributed by atoms with Gasteiger partial charge in [-0.25, -0.2) is 9.59 Å². The molecule has 19 heavy (non-hydrogen) atoms. The van der Waals surface area contributed by atoms with Crippen molar-refractivity contribution in [1.29, 1.82) is 0 Å². The number of ether oxygens (including phenoxy) is 2. The van der Waals surface area contributed by atoms with Crippen LogP contribution in [0.4, 0.5) is 5.69 Å². The van der Waals surface area contributed by atoms with Gasteiger partial charge in [0, 0.05) is 0 Å². The molecule has 0 radical (unpaired) electrons. The smallest absolute Gasteiger partial charge is 0.340 e. The standard InChI is InChI=1S/C14H13NO4/c1-18-13(16)10-8-6-4-3-5-7-9(8)11(12(10)15)14(17)19-2/h3-7H,15H2,1-2H3. The lowest BCUT2D eigenvalue weighted by molar-refractivity contribution is 0.0600. The van der Waals surface area contributed by atoms with E-state index >= 15 is 0 Å². The fraction of sp³-hybridized carbons (Fsp3) is 0.143. The molecule has 0 saturated heterocycles. The number of nitrogens with two attached hydrogens (primary N) is 1. The SMILES string of the molecule is COC(=O)c1c2cccccc-2c(C(=O)OC)c1N. The number of carbonyl (C=O) groups excluding carboxylic acids is 2. The van der Waals surface area contributed by atoms with Crippen LogP contribution in [0.1, 0.15) is 20.7 Å². The highest BCUT2D eigenvalue weighted by Gasteiger charge is 2.29. The molecule has 0 aromatic carbocycles. The average Bonchev–Trinajstić information content (AvgIpc) is 2.58. The second-order valence-electron chi connectivity index (χ2n) is 3.88. The fourth-order valence-corrected chi connectivity index (χ4v) is 2.04. The second kappa shape index (κ2) is 4.97. The van der Waals surface area contributed by atoms with Crippen LogP contribution in [0.3, 0.4) is 0 Å². The van der Waals surface area contributed by atoms with Crippen LogP contribution in [0.15, 0.2) is 30.3 Å². The Morgan fingerprint density at radius 2 is 1.32 bits per heavy atom. The van der Waals surface area contributed by atoms with E-state index < -0.39 is 11.9 Å². The lowest BCUT2D eigenvalue weighted by atomic mass is 10.1. The molecule has 0 heterocycles. The Morgan fingerprint density at radius 3 is 1.68 bits per heavy atom. The summed E-state index contributed by atoms with van der Waals surface area (Å²) < 4.78 is 9.42. The number of hydrogen-bond donors (Lipinski definition) is 1. The number of rotatable bonds is 2. The molecule has 0 bridgehead atoms. The predicted octanol–water partition coefficient (Wildman–Crippen LogP) is 1.95. The maximum atomic E-state index is 11.8. The first-order valence-electron chi connectivity index (χ1n) is 5.58. The molecule has 0 saturated carbocycles. The number of nitrogen functional groups attached to an aromatic ring is 1. The van der Waals surface area contributed by atoms with Gasteiger partial charge >= 0.3 is 11.9 Å². The van der Waals surface area contributed by atoms with E-state index in [-0.39, 0.29) is 16.8 Å². The lowest BCUT2D eigenvalue weighted by Crippen LogP contribution is -2.07. The minimum atomic E-state index is -0.580. The molecule has 0 unspecified atom stereocenters. The number of fused-ring (bicyclic) bond motifs is 1. The topological polar surface area (TPSA) is 78.6 Å². The van der Waals surface area contributed by atoms with E-state index in [0.717, 1.165) is 0 Å². The Bertz CT molecular complexity index is 570. The minimum absolute atomic E-state index is 0.0832. The van der Waals surface area contributed by atoms with Crippen LogP contribution in [0.5, 0.6) is 0 Å². The maximum Gasteiger partial charge on any atom is 0.340 e. The van der Waals surface area contributed by atoms with Crippen molar-refractivity contribution >= 4 is 17.6 Å². The first kappa shape index (κ1) is 12.9. The van der Waals surface area contributed by atoms with E-state index in [2.05, 4.69) is 0 Å². The highest BCUT2D eigenvalue weighted by molar-refractivity contribution is 6.15. The quantitative estimate of drug-likeness (QED) is 0.834. The molecule has 0 aliphatic heterocycles. The molecule has 0 spiro atoms. The van der Waals surface area contributed by atoms with Crippen molar-refractivity contribution in [3.05, 3.63) is 41.5 Å². The molecule has 0 atom stereocenters.